The molecule has 0 N–H and O–H groups in total. The van der Waals surface area contributed by atoms with Crippen LogP contribution in [0.5, 0.6) is 0 Å². The molecular weight excluding hydrogens is 607 g/mol. The Morgan fingerprint density at radius 1 is 0.532 bits per heavy atom. The molecule has 2 aliphatic rings. The molecular formula is C42H31BN2S2. The summed E-state index contributed by atoms with van der Waals surface area (Å²) in [5.41, 5.74) is 11.7. The van der Waals surface area contributed by atoms with E-state index in [9.17, 15) is 0 Å². The van der Waals surface area contributed by atoms with Crippen LogP contribution in [0.25, 0.3) is 30.3 Å². The zero-order valence-corrected chi connectivity index (χ0v) is 28.1. The highest BCUT2D eigenvalue weighted by molar-refractivity contribution is 7.33. The Labute approximate surface area is 283 Å². The summed E-state index contributed by atoms with van der Waals surface area (Å²) < 4.78 is 5.42. The van der Waals surface area contributed by atoms with Crippen LogP contribution in [0.2, 0.25) is 0 Å². The maximum absolute atomic E-state index is 2.62. The lowest BCUT2D eigenvalue weighted by Gasteiger charge is -2.43. The first-order valence-corrected chi connectivity index (χ1v) is 17.9. The smallest absolute Gasteiger partial charge is 0.264 e. The van der Waals surface area contributed by atoms with Crippen LogP contribution >= 0.6 is 22.7 Å². The van der Waals surface area contributed by atoms with Gasteiger partial charge in [0, 0.05) is 53.1 Å². The van der Waals surface area contributed by atoms with E-state index in [0.717, 1.165) is 0 Å². The molecule has 0 amide bonds. The summed E-state index contributed by atoms with van der Waals surface area (Å²) >= 11 is 3.88. The van der Waals surface area contributed by atoms with Gasteiger partial charge in [0.2, 0.25) is 0 Å². The van der Waals surface area contributed by atoms with Gasteiger partial charge in [0.05, 0.1) is 16.1 Å². The van der Waals surface area contributed by atoms with Crippen molar-refractivity contribution < 1.29 is 0 Å². The van der Waals surface area contributed by atoms with Gasteiger partial charge in [-0.2, -0.15) is 0 Å². The molecule has 6 aromatic carbocycles. The Morgan fingerprint density at radius 3 is 2.04 bits per heavy atom. The molecule has 0 saturated heterocycles. The van der Waals surface area contributed by atoms with E-state index in [2.05, 4.69) is 164 Å². The van der Waals surface area contributed by atoms with Gasteiger partial charge in [0.1, 0.15) is 0 Å². The van der Waals surface area contributed by atoms with Gasteiger partial charge in [-0.1, -0.05) is 99.6 Å². The summed E-state index contributed by atoms with van der Waals surface area (Å²) in [6.45, 7) is 7.10. The Bertz CT molecular complexity index is 2540. The number of para-hydroxylation sites is 2. The first-order chi connectivity index (χ1) is 23.0. The van der Waals surface area contributed by atoms with E-state index in [1.54, 1.807) is 0 Å². The Balaban J connectivity index is 1.35. The normalized spacial score (nSPS) is 13.7. The second-order valence-corrected chi connectivity index (χ2v) is 15.9. The fourth-order valence-electron chi connectivity index (χ4n) is 7.85. The Hall–Kier alpha value is -4.84. The average Bonchev–Trinajstić information content (AvgIpc) is 3.67. The molecule has 0 bridgehead atoms. The molecule has 8 aromatic rings. The number of fused-ring (bicyclic) bond motifs is 9. The van der Waals surface area contributed by atoms with E-state index in [1.165, 1.54) is 85.6 Å². The molecule has 0 radical (unpaired) electrons. The van der Waals surface area contributed by atoms with Gasteiger partial charge in [-0.25, -0.2) is 0 Å². The van der Waals surface area contributed by atoms with Gasteiger partial charge in [0.15, 0.2) is 0 Å². The van der Waals surface area contributed by atoms with Gasteiger partial charge >= 0.3 is 0 Å². The summed E-state index contributed by atoms with van der Waals surface area (Å²) in [6.07, 6.45) is 0. The van der Waals surface area contributed by atoms with Crippen molar-refractivity contribution in [2.75, 3.05) is 9.80 Å². The van der Waals surface area contributed by atoms with Crippen LogP contribution < -0.4 is 25.5 Å². The van der Waals surface area contributed by atoms with Crippen molar-refractivity contribution in [2.24, 2.45) is 0 Å². The van der Waals surface area contributed by atoms with Crippen LogP contribution in [-0.4, -0.2) is 6.71 Å². The van der Waals surface area contributed by atoms with Gasteiger partial charge in [-0.05, 0) is 76.5 Å². The van der Waals surface area contributed by atoms with E-state index >= 15 is 0 Å². The molecule has 0 spiro atoms. The third-order valence-corrected chi connectivity index (χ3v) is 12.4. The van der Waals surface area contributed by atoms with Crippen LogP contribution in [0.4, 0.5) is 34.1 Å². The zero-order valence-electron chi connectivity index (χ0n) is 26.5. The maximum Gasteiger partial charge on any atom is 0.264 e. The molecule has 0 unspecified atom stereocenters. The van der Waals surface area contributed by atoms with Crippen molar-refractivity contribution >= 4 is 109 Å². The summed E-state index contributed by atoms with van der Waals surface area (Å²) in [6, 6.07) is 49.7. The highest BCUT2D eigenvalue weighted by Crippen LogP contribution is 2.51. The molecule has 47 heavy (non-hydrogen) atoms. The van der Waals surface area contributed by atoms with Crippen LogP contribution in [0.3, 0.4) is 0 Å². The second-order valence-electron chi connectivity index (χ2n) is 13.7. The predicted octanol–water partition coefficient (Wildman–Crippen LogP) is 10.6. The van der Waals surface area contributed by atoms with Crippen LogP contribution in [0, 0.1) is 0 Å². The maximum atomic E-state index is 2.62. The zero-order chi connectivity index (χ0) is 31.4. The van der Waals surface area contributed by atoms with Crippen molar-refractivity contribution in [3.8, 4) is 0 Å². The van der Waals surface area contributed by atoms with E-state index in [4.69, 9.17) is 0 Å². The SMILES string of the molecule is CC(C)(C)c1ccc2sc3c(c2c1)N(c1cccc2c1sc1ccccc12)c1cccc2c1B3c1ccccc1N2c1ccccc1. The summed E-state index contributed by atoms with van der Waals surface area (Å²) in [5.74, 6) is 0. The van der Waals surface area contributed by atoms with Gasteiger partial charge in [-0.15, -0.1) is 22.7 Å². The molecule has 0 aliphatic carbocycles. The molecule has 4 heterocycles. The van der Waals surface area contributed by atoms with Crippen LogP contribution in [0.1, 0.15) is 26.3 Å². The number of benzene rings is 6. The van der Waals surface area contributed by atoms with Crippen molar-refractivity contribution in [3.05, 3.63) is 139 Å². The van der Waals surface area contributed by atoms with Crippen molar-refractivity contribution in [2.45, 2.75) is 26.2 Å². The topological polar surface area (TPSA) is 6.48 Å². The fraction of sp³-hybridized carbons (Fsp3) is 0.0952. The van der Waals surface area contributed by atoms with Crippen LogP contribution in [0.15, 0.2) is 133 Å². The lowest BCUT2D eigenvalue weighted by Crippen LogP contribution is -2.60. The van der Waals surface area contributed by atoms with E-state index < -0.39 is 0 Å². The Morgan fingerprint density at radius 2 is 1.19 bits per heavy atom. The van der Waals surface area contributed by atoms with E-state index in [0.29, 0.717) is 0 Å². The minimum Gasteiger partial charge on any atom is -0.311 e. The van der Waals surface area contributed by atoms with Gasteiger partial charge in [0.25, 0.3) is 6.71 Å². The van der Waals surface area contributed by atoms with E-state index in [1.807, 2.05) is 22.7 Å². The molecule has 5 heteroatoms. The second kappa shape index (κ2) is 9.84. The van der Waals surface area contributed by atoms with Gasteiger partial charge in [-0.3, -0.25) is 0 Å². The first-order valence-electron chi connectivity index (χ1n) is 16.3. The average molecular weight is 639 g/mol. The fourth-order valence-corrected chi connectivity index (χ4v) is 10.4. The molecule has 10 rings (SSSR count). The number of hydrogen-bond donors (Lipinski definition) is 0. The van der Waals surface area contributed by atoms with Gasteiger partial charge < -0.3 is 9.80 Å². The summed E-state index contributed by atoms with van der Waals surface area (Å²) in [5, 5.41) is 3.99. The number of anilines is 6. The van der Waals surface area contributed by atoms with Crippen molar-refractivity contribution in [3.63, 3.8) is 0 Å². The largest absolute Gasteiger partial charge is 0.311 e. The summed E-state index contributed by atoms with van der Waals surface area (Å²) in [4.78, 5) is 5.09. The van der Waals surface area contributed by atoms with Crippen molar-refractivity contribution in [1.29, 1.82) is 0 Å². The molecule has 0 atom stereocenters. The standard InChI is InChI=1S/C42H31BN2S2/c1-42(2,3)26-23-24-37-30(25-26)39-41(47-37)43-31-17-8-9-18-32(31)44(27-13-5-4-6-14-27)33-19-12-20-34(38(33)43)45(39)35-21-11-16-29-28-15-7-10-22-36(28)46-40(29)35/h4-25H,1-3H3. The lowest BCUT2D eigenvalue weighted by atomic mass is 9.36. The lowest BCUT2D eigenvalue weighted by molar-refractivity contribution is 0.591. The number of nitrogens with zero attached hydrogens (tertiary/aromatic N) is 2. The molecule has 0 saturated carbocycles. The minimum absolute atomic E-state index is 0.0483. The Kier molecular flexibility index (Phi) is 5.71. The quantitative estimate of drug-likeness (QED) is 0.174. The molecule has 2 nitrogen and oxygen atoms in total. The third-order valence-electron chi connectivity index (χ3n) is 10.00. The highest BCUT2D eigenvalue weighted by Gasteiger charge is 2.45. The van der Waals surface area contributed by atoms with Crippen molar-refractivity contribution in [1.82, 2.24) is 0 Å². The monoisotopic (exact) mass is 638 g/mol. The molecule has 0 fully saturated rings. The first kappa shape index (κ1) is 27.3. The third kappa shape index (κ3) is 3.84. The number of thiophene rings is 2. The highest BCUT2D eigenvalue weighted by atomic mass is 32.1. The molecule has 224 valence electrons. The number of rotatable bonds is 2. The summed E-state index contributed by atoms with van der Waals surface area (Å²) in [7, 11) is 0. The van der Waals surface area contributed by atoms with E-state index in [-0.39, 0.29) is 12.1 Å². The molecule has 2 aliphatic heterocycles. The predicted molar refractivity (Wildman–Crippen MR) is 207 cm³/mol. The number of hydrogen-bond acceptors (Lipinski definition) is 4. The molecule has 2 aromatic heterocycles. The minimum atomic E-state index is 0.0483. The van der Waals surface area contributed by atoms with Crippen LogP contribution in [-0.2, 0) is 5.41 Å².